The van der Waals surface area contributed by atoms with Crippen molar-refractivity contribution in [3.63, 3.8) is 0 Å². The number of nitrogens with one attached hydrogen (secondary N) is 3. The molecule has 0 saturated heterocycles. The number of carbonyl (C=O) groups is 1. The molecule has 0 bridgehead atoms. The lowest BCUT2D eigenvalue weighted by atomic mass is 9.77. The van der Waals surface area contributed by atoms with Gasteiger partial charge in [0, 0.05) is 40.6 Å². The Morgan fingerprint density at radius 3 is 2.57 bits per heavy atom. The van der Waals surface area contributed by atoms with Crippen molar-refractivity contribution in [3.8, 4) is 0 Å². The van der Waals surface area contributed by atoms with Crippen molar-refractivity contribution in [1.82, 2.24) is 20.4 Å². The first-order valence-corrected chi connectivity index (χ1v) is 8.37. The lowest BCUT2D eigenvalue weighted by Crippen LogP contribution is -2.25. The molecule has 0 aromatic carbocycles. The summed E-state index contributed by atoms with van der Waals surface area (Å²) in [7, 11) is 0. The molecule has 0 unspecified atom stereocenters. The Morgan fingerprint density at radius 2 is 1.96 bits per heavy atom. The van der Waals surface area contributed by atoms with E-state index in [1.807, 2.05) is 0 Å². The summed E-state index contributed by atoms with van der Waals surface area (Å²) < 4.78 is 0. The topological polar surface area (TPSA) is 86.5 Å². The van der Waals surface area contributed by atoms with Gasteiger partial charge in [0.05, 0.1) is 5.69 Å². The molecule has 1 aliphatic heterocycles. The van der Waals surface area contributed by atoms with Crippen LogP contribution in [0.25, 0.3) is 0 Å². The van der Waals surface area contributed by atoms with Crippen LogP contribution >= 0.6 is 0 Å². The van der Waals surface area contributed by atoms with Gasteiger partial charge < -0.3 is 5.32 Å². The number of aromatic amines is 2. The van der Waals surface area contributed by atoms with Gasteiger partial charge in [-0.1, -0.05) is 27.2 Å². The van der Waals surface area contributed by atoms with Gasteiger partial charge in [-0.15, -0.1) is 0 Å². The van der Waals surface area contributed by atoms with Crippen LogP contribution < -0.4 is 5.32 Å². The molecule has 122 valence electrons. The van der Waals surface area contributed by atoms with Crippen LogP contribution in [0, 0.1) is 0 Å². The fourth-order valence-corrected chi connectivity index (χ4v) is 3.46. The van der Waals surface area contributed by atoms with E-state index in [2.05, 4.69) is 52.5 Å². The van der Waals surface area contributed by atoms with E-state index in [1.165, 1.54) is 25.0 Å². The standard InChI is InChI=1S/C17H23N5O/c1-17(2,3)12-8-11(19-20-12)10-7-13(23)18-16-14(10)15(21-22-16)9-5-4-6-9/h8-10H,4-7H2,1-3H3,(H,19,20)(H2,18,21,22,23)/t10-/m1/s1. The second-order valence-corrected chi connectivity index (χ2v) is 7.79. The SMILES string of the molecule is CC(C)(C)c1cc([C@H]2CC(=O)Nc3n[nH]c(C4CCC4)c32)[nH]n1. The zero-order valence-corrected chi connectivity index (χ0v) is 13.9. The minimum absolute atomic E-state index is 0.0108. The smallest absolute Gasteiger partial charge is 0.226 e. The quantitative estimate of drug-likeness (QED) is 0.796. The summed E-state index contributed by atoms with van der Waals surface area (Å²) in [5, 5.41) is 18.1. The number of fused-ring (bicyclic) bond motifs is 1. The Kier molecular flexibility index (Phi) is 3.11. The van der Waals surface area contributed by atoms with Gasteiger partial charge in [0.15, 0.2) is 5.82 Å². The number of hydrogen-bond acceptors (Lipinski definition) is 3. The molecule has 3 N–H and O–H groups in total. The molecule has 6 nitrogen and oxygen atoms in total. The van der Waals surface area contributed by atoms with Crippen molar-refractivity contribution in [2.24, 2.45) is 0 Å². The first kappa shape index (κ1) is 14.5. The van der Waals surface area contributed by atoms with Gasteiger partial charge >= 0.3 is 0 Å². The van der Waals surface area contributed by atoms with Crippen molar-refractivity contribution in [2.45, 2.75) is 63.7 Å². The second-order valence-electron chi connectivity index (χ2n) is 7.79. The van der Waals surface area contributed by atoms with Crippen LogP contribution in [0.1, 0.15) is 80.9 Å². The average Bonchev–Trinajstić information content (AvgIpc) is 3.02. The highest BCUT2D eigenvalue weighted by molar-refractivity contribution is 5.94. The highest BCUT2D eigenvalue weighted by Crippen LogP contribution is 2.45. The minimum atomic E-state index is -0.0122. The average molecular weight is 313 g/mol. The molecule has 2 aromatic heterocycles. The van der Waals surface area contributed by atoms with Crippen LogP contribution in [0.15, 0.2) is 6.07 Å². The second kappa shape index (κ2) is 4.94. The lowest BCUT2D eigenvalue weighted by Gasteiger charge is -2.28. The minimum Gasteiger partial charge on any atom is -0.309 e. The van der Waals surface area contributed by atoms with E-state index < -0.39 is 0 Å². The number of carbonyl (C=O) groups excluding carboxylic acids is 1. The van der Waals surface area contributed by atoms with E-state index in [9.17, 15) is 4.79 Å². The molecule has 6 heteroatoms. The van der Waals surface area contributed by atoms with Crippen LogP contribution in [-0.2, 0) is 10.2 Å². The normalized spacial score (nSPS) is 21.7. The van der Waals surface area contributed by atoms with Gasteiger partial charge in [-0.3, -0.25) is 15.0 Å². The van der Waals surface area contributed by atoms with Gasteiger partial charge in [0.1, 0.15) is 0 Å². The highest BCUT2D eigenvalue weighted by atomic mass is 16.1. The van der Waals surface area contributed by atoms with E-state index in [0.717, 1.165) is 17.0 Å². The number of anilines is 1. The van der Waals surface area contributed by atoms with Gasteiger partial charge in [-0.05, 0) is 18.9 Å². The lowest BCUT2D eigenvalue weighted by molar-refractivity contribution is -0.116. The maximum Gasteiger partial charge on any atom is 0.226 e. The van der Waals surface area contributed by atoms with Crippen LogP contribution in [0.4, 0.5) is 5.82 Å². The van der Waals surface area contributed by atoms with E-state index in [0.29, 0.717) is 18.2 Å². The monoisotopic (exact) mass is 313 g/mol. The molecular formula is C17H23N5O. The number of hydrogen-bond donors (Lipinski definition) is 3. The Hall–Kier alpha value is -2.11. The van der Waals surface area contributed by atoms with Crippen LogP contribution in [0.5, 0.6) is 0 Å². The van der Waals surface area contributed by atoms with E-state index >= 15 is 0 Å². The summed E-state index contributed by atoms with van der Waals surface area (Å²) in [6.07, 6.45) is 4.11. The molecule has 3 heterocycles. The third kappa shape index (κ3) is 2.36. The van der Waals surface area contributed by atoms with Crippen LogP contribution in [0.2, 0.25) is 0 Å². The Bertz CT molecular complexity index is 747. The van der Waals surface area contributed by atoms with Crippen LogP contribution in [0.3, 0.4) is 0 Å². The molecule has 1 saturated carbocycles. The predicted molar refractivity (Wildman–Crippen MR) is 87.6 cm³/mol. The number of rotatable bonds is 2. The maximum absolute atomic E-state index is 12.1. The zero-order chi connectivity index (χ0) is 16.2. The number of aromatic nitrogens is 4. The molecule has 1 amide bonds. The first-order valence-electron chi connectivity index (χ1n) is 8.37. The molecule has 0 spiro atoms. The van der Waals surface area contributed by atoms with E-state index in [4.69, 9.17) is 0 Å². The summed E-state index contributed by atoms with van der Waals surface area (Å²) in [6, 6.07) is 2.10. The Morgan fingerprint density at radius 1 is 1.17 bits per heavy atom. The maximum atomic E-state index is 12.1. The third-order valence-corrected chi connectivity index (χ3v) is 5.08. The summed E-state index contributed by atoms with van der Waals surface area (Å²) in [5.74, 6) is 1.27. The predicted octanol–water partition coefficient (Wildman–Crippen LogP) is 3.17. The summed E-state index contributed by atoms with van der Waals surface area (Å²) in [5.41, 5.74) is 4.37. The molecular weight excluding hydrogens is 290 g/mol. The Balaban J connectivity index is 1.76. The number of H-pyrrole nitrogens is 2. The van der Waals surface area contributed by atoms with Crippen molar-refractivity contribution < 1.29 is 4.79 Å². The molecule has 0 radical (unpaired) electrons. The fourth-order valence-electron chi connectivity index (χ4n) is 3.46. The molecule has 23 heavy (non-hydrogen) atoms. The molecule has 1 atom stereocenters. The van der Waals surface area contributed by atoms with Gasteiger partial charge in [0.2, 0.25) is 5.91 Å². The molecule has 1 fully saturated rings. The molecule has 2 aromatic rings. The summed E-state index contributed by atoms with van der Waals surface area (Å²) in [4.78, 5) is 12.1. The van der Waals surface area contributed by atoms with Gasteiger partial charge in [-0.2, -0.15) is 10.2 Å². The molecule has 1 aliphatic carbocycles. The molecule has 4 rings (SSSR count). The number of nitrogens with zero attached hydrogens (tertiary/aromatic N) is 2. The first-order chi connectivity index (χ1) is 10.9. The summed E-state index contributed by atoms with van der Waals surface area (Å²) in [6.45, 7) is 6.43. The zero-order valence-electron chi connectivity index (χ0n) is 13.9. The summed E-state index contributed by atoms with van der Waals surface area (Å²) >= 11 is 0. The van der Waals surface area contributed by atoms with Crippen molar-refractivity contribution in [3.05, 3.63) is 28.7 Å². The van der Waals surface area contributed by atoms with Crippen molar-refractivity contribution >= 4 is 11.7 Å². The Labute approximate surface area is 135 Å². The van der Waals surface area contributed by atoms with E-state index in [1.54, 1.807) is 0 Å². The van der Waals surface area contributed by atoms with Gasteiger partial charge in [0.25, 0.3) is 0 Å². The fraction of sp³-hybridized carbons (Fsp3) is 0.588. The molecule has 2 aliphatic rings. The van der Waals surface area contributed by atoms with E-state index in [-0.39, 0.29) is 17.2 Å². The van der Waals surface area contributed by atoms with Crippen molar-refractivity contribution in [1.29, 1.82) is 0 Å². The van der Waals surface area contributed by atoms with Gasteiger partial charge in [-0.25, -0.2) is 0 Å². The van der Waals surface area contributed by atoms with Crippen LogP contribution in [-0.4, -0.2) is 26.3 Å². The van der Waals surface area contributed by atoms with Crippen molar-refractivity contribution in [2.75, 3.05) is 5.32 Å². The third-order valence-electron chi connectivity index (χ3n) is 5.08. The highest BCUT2D eigenvalue weighted by Gasteiger charge is 2.36. The largest absolute Gasteiger partial charge is 0.309 e. The number of amides is 1.